The zero-order valence-corrected chi connectivity index (χ0v) is 12.1. The molecule has 0 aliphatic heterocycles. The molecule has 0 radical (unpaired) electrons. The van der Waals surface area contributed by atoms with E-state index in [1.54, 1.807) is 0 Å². The summed E-state index contributed by atoms with van der Waals surface area (Å²) in [5.74, 6) is -1.70. The molecule has 0 aromatic rings. The maximum atomic E-state index is 12.2. The predicted octanol–water partition coefficient (Wildman–Crippen LogP) is 2.88. The molecule has 0 saturated heterocycles. The van der Waals surface area contributed by atoms with Gasteiger partial charge in [0.2, 0.25) is 5.91 Å². The Kier molecular flexibility index (Phi) is 5.62. The van der Waals surface area contributed by atoms with Crippen LogP contribution in [-0.4, -0.2) is 23.5 Å². The molecule has 1 amide bonds. The van der Waals surface area contributed by atoms with Crippen LogP contribution in [-0.2, 0) is 9.59 Å². The third-order valence-corrected chi connectivity index (χ3v) is 4.55. The number of carboxylic acids is 1. The van der Waals surface area contributed by atoms with Gasteiger partial charge >= 0.3 is 5.97 Å². The molecule has 112 valence electrons. The van der Waals surface area contributed by atoms with Gasteiger partial charge in [0.05, 0.1) is 11.8 Å². The number of carbonyl (C=O) groups is 2. The molecule has 2 N–H and O–H groups in total. The van der Waals surface area contributed by atoms with E-state index in [1.165, 1.54) is 18.4 Å². The van der Waals surface area contributed by atoms with Gasteiger partial charge in [0.1, 0.15) is 0 Å². The lowest BCUT2D eigenvalue weighted by Gasteiger charge is -2.27. The number of allylic oxidation sites excluding steroid dienone is 1. The van der Waals surface area contributed by atoms with Crippen molar-refractivity contribution in [1.29, 1.82) is 0 Å². The Hall–Kier alpha value is -1.32. The van der Waals surface area contributed by atoms with Gasteiger partial charge < -0.3 is 10.4 Å². The van der Waals surface area contributed by atoms with Gasteiger partial charge in [-0.2, -0.15) is 0 Å². The minimum atomic E-state index is -0.820. The van der Waals surface area contributed by atoms with E-state index >= 15 is 0 Å². The SMILES string of the molecule is O=C(O)[C@H]1CCCC[C@@H]1C(=O)NCCC1=CCCCC1. The standard InChI is InChI=1S/C16H25NO3/c18-15(13-8-4-5-9-14(13)16(19)20)17-11-10-12-6-2-1-3-7-12/h6,13-14H,1-5,7-11H2,(H,17,18)(H,19,20)/t13-,14-/m0/s1. The first-order valence-electron chi connectivity index (χ1n) is 7.87. The molecule has 2 rings (SSSR count). The van der Waals surface area contributed by atoms with Crippen LogP contribution in [0.1, 0.15) is 57.8 Å². The zero-order chi connectivity index (χ0) is 14.4. The molecule has 0 aromatic carbocycles. The normalized spacial score (nSPS) is 26.7. The smallest absolute Gasteiger partial charge is 0.307 e. The van der Waals surface area contributed by atoms with Gasteiger partial charge in [-0.25, -0.2) is 0 Å². The highest BCUT2D eigenvalue weighted by Crippen LogP contribution is 2.30. The lowest BCUT2D eigenvalue weighted by atomic mass is 9.78. The maximum absolute atomic E-state index is 12.2. The Labute approximate surface area is 120 Å². The van der Waals surface area contributed by atoms with E-state index in [9.17, 15) is 14.7 Å². The highest BCUT2D eigenvalue weighted by molar-refractivity contribution is 5.84. The number of rotatable bonds is 5. The maximum Gasteiger partial charge on any atom is 0.307 e. The number of carbonyl (C=O) groups excluding carboxylic acids is 1. The molecule has 4 heteroatoms. The van der Waals surface area contributed by atoms with E-state index in [1.807, 2.05) is 0 Å². The Morgan fingerprint density at radius 2 is 1.90 bits per heavy atom. The molecular formula is C16H25NO3. The average Bonchev–Trinajstić information content (AvgIpc) is 2.48. The van der Waals surface area contributed by atoms with Crippen LogP contribution in [0.3, 0.4) is 0 Å². The lowest BCUT2D eigenvalue weighted by molar-refractivity contribution is -0.148. The molecule has 0 unspecified atom stereocenters. The van der Waals surface area contributed by atoms with Crippen molar-refractivity contribution >= 4 is 11.9 Å². The van der Waals surface area contributed by atoms with Crippen molar-refractivity contribution < 1.29 is 14.7 Å². The van der Waals surface area contributed by atoms with Crippen molar-refractivity contribution in [2.45, 2.75) is 57.8 Å². The van der Waals surface area contributed by atoms with Crippen molar-refractivity contribution in [2.75, 3.05) is 6.54 Å². The summed E-state index contributed by atoms with van der Waals surface area (Å²) >= 11 is 0. The van der Waals surface area contributed by atoms with E-state index in [-0.39, 0.29) is 11.8 Å². The van der Waals surface area contributed by atoms with Gasteiger partial charge in [0, 0.05) is 6.54 Å². The molecule has 4 nitrogen and oxygen atoms in total. The average molecular weight is 279 g/mol. The van der Waals surface area contributed by atoms with E-state index in [0.29, 0.717) is 19.4 Å². The van der Waals surface area contributed by atoms with E-state index < -0.39 is 11.9 Å². The van der Waals surface area contributed by atoms with Crippen molar-refractivity contribution in [3.63, 3.8) is 0 Å². The third-order valence-electron chi connectivity index (χ3n) is 4.55. The number of amides is 1. The van der Waals surface area contributed by atoms with Gasteiger partial charge in [-0.15, -0.1) is 0 Å². The van der Waals surface area contributed by atoms with Gasteiger partial charge in [-0.3, -0.25) is 9.59 Å². The van der Waals surface area contributed by atoms with Crippen molar-refractivity contribution in [1.82, 2.24) is 5.32 Å². The van der Waals surface area contributed by atoms with Gasteiger partial charge in [-0.1, -0.05) is 24.5 Å². The Morgan fingerprint density at radius 1 is 1.15 bits per heavy atom. The van der Waals surface area contributed by atoms with E-state index in [0.717, 1.165) is 32.1 Å². The molecule has 1 saturated carbocycles. The van der Waals surface area contributed by atoms with Crippen LogP contribution < -0.4 is 5.32 Å². The van der Waals surface area contributed by atoms with Crippen LogP contribution in [0.4, 0.5) is 0 Å². The summed E-state index contributed by atoms with van der Waals surface area (Å²) in [5.41, 5.74) is 1.44. The second-order valence-electron chi connectivity index (χ2n) is 5.98. The molecule has 2 aliphatic rings. The highest BCUT2D eigenvalue weighted by Gasteiger charge is 2.35. The third kappa shape index (κ3) is 4.09. The molecule has 0 spiro atoms. The van der Waals surface area contributed by atoms with Crippen LogP contribution in [0.25, 0.3) is 0 Å². The molecule has 0 aromatic heterocycles. The lowest BCUT2D eigenvalue weighted by Crippen LogP contribution is -2.40. The Morgan fingerprint density at radius 3 is 2.55 bits per heavy atom. The van der Waals surface area contributed by atoms with E-state index in [4.69, 9.17) is 0 Å². The molecule has 2 aliphatic carbocycles. The summed E-state index contributed by atoms with van der Waals surface area (Å²) < 4.78 is 0. The number of hydrogen-bond acceptors (Lipinski definition) is 2. The van der Waals surface area contributed by atoms with Crippen LogP contribution >= 0.6 is 0 Å². The van der Waals surface area contributed by atoms with Crippen LogP contribution in [0.5, 0.6) is 0 Å². The van der Waals surface area contributed by atoms with Gasteiger partial charge in [0.15, 0.2) is 0 Å². The monoisotopic (exact) mass is 279 g/mol. The highest BCUT2D eigenvalue weighted by atomic mass is 16.4. The van der Waals surface area contributed by atoms with Crippen LogP contribution in [0, 0.1) is 11.8 Å². The first kappa shape index (κ1) is 15.1. The topological polar surface area (TPSA) is 66.4 Å². The quantitative estimate of drug-likeness (QED) is 0.760. The summed E-state index contributed by atoms with van der Waals surface area (Å²) in [6, 6.07) is 0. The van der Waals surface area contributed by atoms with Crippen LogP contribution in [0.15, 0.2) is 11.6 Å². The first-order chi connectivity index (χ1) is 9.68. The summed E-state index contributed by atoms with van der Waals surface area (Å²) in [4.78, 5) is 23.4. The fourth-order valence-electron chi connectivity index (χ4n) is 3.35. The minimum absolute atomic E-state index is 0.0616. The predicted molar refractivity (Wildman–Crippen MR) is 77.3 cm³/mol. The Bertz CT molecular complexity index is 389. The first-order valence-corrected chi connectivity index (χ1v) is 7.87. The largest absolute Gasteiger partial charge is 0.481 e. The van der Waals surface area contributed by atoms with Gasteiger partial charge in [-0.05, 0) is 44.9 Å². The van der Waals surface area contributed by atoms with Gasteiger partial charge in [0.25, 0.3) is 0 Å². The molecule has 0 bridgehead atoms. The Balaban J connectivity index is 1.78. The second-order valence-corrected chi connectivity index (χ2v) is 5.98. The fraction of sp³-hybridized carbons (Fsp3) is 0.750. The summed E-state index contributed by atoms with van der Waals surface area (Å²) in [5, 5.41) is 12.1. The summed E-state index contributed by atoms with van der Waals surface area (Å²) in [6.45, 7) is 0.646. The molecule has 0 heterocycles. The molecule has 1 fully saturated rings. The molecular weight excluding hydrogens is 254 g/mol. The van der Waals surface area contributed by atoms with E-state index in [2.05, 4.69) is 11.4 Å². The number of hydrogen-bond donors (Lipinski definition) is 2. The number of nitrogens with one attached hydrogen (secondary N) is 1. The van der Waals surface area contributed by atoms with Crippen molar-refractivity contribution in [3.05, 3.63) is 11.6 Å². The second kappa shape index (κ2) is 7.46. The number of aliphatic carboxylic acids is 1. The fourth-order valence-corrected chi connectivity index (χ4v) is 3.35. The number of carboxylic acid groups (broad SMARTS) is 1. The summed E-state index contributed by atoms with van der Waals surface area (Å²) in [6.07, 6.45) is 11.3. The van der Waals surface area contributed by atoms with Crippen molar-refractivity contribution in [2.24, 2.45) is 11.8 Å². The minimum Gasteiger partial charge on any atom is -0.481 e. The van der Waals surface area contributed by atoms with Crippen LogP contribution in [0.2, 0.25) is 0 Å². The van der Waals surface area contributed by atoms with Crippen molar-refractivity contribution in [3.8, 4) is 0 Å². The summed E-state index contributed by atoms with van der Waals surface area (Å²) in [7, 11) is 0. The molecule has 2 atom stereocenters. The molecule has 20 heavy (non-hydrogen) atoms. The zero-order valence-electron chi connectivity index (χ0n) is 12.1.